The van der Waals surface area contributed by atoms with E-state index in [1.54, 1.807) is 45.3 Å². The first kappa shape index (κ1) is 60.1. The van der Waals surface area contributed by atoms with Gasteiger partial charge in [0.05, 0.1) is 36.0 Å². The van der Waals surface area contributed by atoms with E-state index < -0.39 is 0 Å². The van der Waals surface area contributed by atoms with Crippen molar-refractivity contribution in [2.75, 3.05) is 39.6 Å². The number of fused-ring (bicyclic) bond motifs is 2. The highest BCUT2D eigenvalue weighted by Crippen LogP contribution is 2.47. The topological polar surface area (TPSA) is 105 Å². The summed E-state index contributed by atoms with van der Waals surface area (Å²) in [6.45, 7) is 2.38. The Morgan fingerprint density at radius 3 is 0.946 bits per heavy atom. The van der Waals surface area contributed by atoms with Crippen molar-refractivity contribution in [2.24, 2.45) is 20.5 Å². The molecule has 0 radical (unpaired) electrons. The maximum atomic E-state index is 6.64. The molecule has 0 atom stereocenters. The molecule has 0 aliphatic rings. The molecule has 0 amide bonds. The molecule has 10 nitrogen and oxygen atoms in total. The zero-order chi connectivity index (χ0) is 61.7. The fraction of sp³-hybridized carbons (Fsp3) is 0.105. The van der Waals surface area contributed by atoms with Crippen LogP contribution in [0.25, 0.3) is 71.7 Å². The monoisotopic (exact) mass is 1310 g/mol. The van der Waals surface area contributed by atoms with Crippen LogP contribution in [0.4, 0.5) is 22.7 Å². The Bertz CT molecular complexity index is 4430. The molecule has 6 heterocycles. The van der Waals surface area contributed by atoms with E-state index in [2.05, 4.69) is 163 Å². The molecule has 92 heavy (non-hydrogen) atoms. The van der Waals surface area contributed by atoms with E-state index in [0.717, 1.165) is 79.9 Å². The Morgan fingerprint density at radius 2 is 0.598 bits per heavy atom. The van der Waals surface area contributed by atoms with Crippen LogP contribution >= 0.6 is 68.0 Å². The fourth-order valence-corrected chi connectivity index (χ4v) is 16.5. The average Bonchev–Trinajstić information content (AvgIpc) is 1.14. The van der Waals surface area contributed by atoms with E-state index in [-0.39, 0.29) is 0 Å². The molecule has 0 N–H and O–H groups in total. The summed E-state index contributed by atoms with van der Waals surface area (Å²) < 4.78 is 38.1. The van der Waals surface area contributed by atoms with Crippen molar-refractivity contribution in [2.45, 2.75) is 12.8 Å². The molecule has 14 rings (SSSR count). The minimum absolute atomic E-state index is 0.303. The Kier molecular flexibility index (Phi) is 19.1. The molecular weight excluding hydrogens is 1260 g/mol. The van der Waals surface area contributed by atoms with Crippen LogP contribution in [-0.4, -0.2) is 39.6 Å². The summed E-state index contributed by atoms with van der Waals surface area (Å²) in [5.41, 5.74) is 7.39. The number of ether oxygens (including phenoxy) is 6. The number of hydrogen-bond acceptors (Lipinski definition) is 16. The van der Waals surface area contributed by atoms with Crippen LogP contribution in [0.1, 0.15) is 11.1 Å². The van der Waals surface area contributed by atoms with E-state index in [9.17, 15) is 0 Å². The van der Waals surface area contributed by atoms with Gasteiger partial charge in [0.15, 0.2) is 0 Å². The lowest BCUT2D eigenvalue weighted by atomic mass is 9.92. The highest BCUT2D eigenvalue weighted by molar-refractivity contribution is 7.26. The van der Waals surface area contributed by atoms with Crippen molar-refractivity contribution in [3.63, 3.8) is 0 Å². The van der Waals surface area contributed by atoms with Crippen LogP contribution < -0.4 is 28.4 Å². The zero-order valence-corrected chi connectivity index (χ0v) is 54.5. The van der Waals surface area contributed by atoms with Crippen LogP contribution in [0.5, 0.6) is 34.5 Å². The molecule has 14 aromatic rings. The van der Waals surface area contributed by atoms with Crippen molar-refractivity contribution in [1.82, 2.24) is 0 Å². The highest BCUT2D eigenvalue weighted by Gasteiger charge is 2.21. The molecule has 0 bridgehead atoms. The van der Waals surface area contributed by atoms with Gasteiger partial charge in [0.1, 0.15) is 60.9 Å². The first-order chi connectivity index (χ1) is 45.6. The van der Waals surface area contributed by atoms with Gasteiger partial charge < -0.3 is 28.4 Å². The summed E-state index contributed by atoms with van der Waals surface area (Å²) in [6.07, 6.45) is 1.63. The fourth-order valence-electron chi connectivity index (χ4n) is 10.6. The molecule has 0 unspecified atom stereocenters. The van der Waals surface area contributed by atoms with E-state index in [1.807, 2.05) is 132 Å². The standard InChI is InChI=1S/C76H58N4O6S6/c1-3-11-63-51(9-1)17-35-65(85-43-41-83-61-31-23-57(24-32-61)79-77-55-19-27-59(28-20-55)81-39-37-53-49-71(67-13-5-45-87-67)91-75(53)69-15-7-47-89-69)73(63)74-64-12-4-2-10-52(64)18-36-66(74)86-44-42-84-62-33-25-58(26-34-62)80-78-56-21-29-60(30-22-56)82-40-38-54-50-72(68-14-6-46-88-68)92-76(54)70-16-8-48-90-70/h1-36,45-50H,37-44H2. The molecule has 0 fully saturated rings. The van der Waals surface area contributed by atoms with Gasteiger partial charge in [0, 0.05) is 63.0 Å². The van der Waals surface area contributed by atoms with Crippen LogP contribution in [0.15, 0.2) is 272 Å². The lowest BCUT2D eigenvalue weighted by molar-refractivity contribution is 0.216. The summed E-state index contributed by atoms with van der Waals surface area (Å²) in [4.78, 5) is 10.4. The van der Waals surface area contributed by atoms with Gasteiger partial charge >= 0.3 is 0 Å². The van der Waals surface area contributed by atoms with Crippen LogP contribution in [-0.2, 0) is 12.8 Å². The summed E-state index contributed by atoms with van der Waals surface area (Å²) in [7, 11) is 0. The number of rotatable bonds is 27. The van der Waals surface area contributed by atoms with Crippen LogP contribution in [0.3, 0.4) is 0 Å². The van der Waals surface area contributed by atoms with Crippen molar-refractivity contribution < 1.29 is 28.4 Å². The molecule has 0 saturated heterocycles. The van der Waals surface area contributed by atoms with Crippen molar-refractivity contribution >= 4 is 112 Å². The molecule has 8 aromatic carbocycles. The largest absolute Gasteiger partial charge is 0.493 e. The summed E-state index contributed by atoms with van der Waals surface area (Å²) >= 11 is 10.8. The zero-order valence-electron chi connectivity index (χ0n) is 49.6. The lowest BCUT2D eigenvalue weighted by Gasteiger charge is -2.20. The third kappa shape index (κ3) is 14.6. The molecule has 454 valence electrons. The van der Waals surface area contributed by atoms with Gasteiger partial charge in [-0.2, -0.15) is 20.5 Å². The predicted octanol–water partition coefficient (Wildman–Crippen LogP) is 23.7. The number of azo groups is 2. The number of thiophene rings is 6. The van der Waals surface area contributed by atoms with Crippen LogP contribution in [0, 0.1) is 0 Å². The summed E-state index contributed by atoms with van der Waals surface area (Å²) in [6, 6.07) is 77.4. The molecule has 6 aromatic heterocycles. The SMILES string of the molecule is c1csc(-c2cc(CCOc3ccc(N=Nc4ccc(OCCOc5ccc6ccccc6c5-c5c(OCCOc6ccc(N=Nc7ccc(OCCc8cc(-c9cccs9)sc8-c8cccs8)cc7)cc6)ccc6ccccc56)cc4)cc3)c(-c3cccs3)s2)c1. The second kappa shape index (κ2) is 29.2. The molecule has 16 heteroatoms. The van der Waals surface area contributed by atoms with Crippen molar-refractivity contribution in [1.29, 1.82) is 0 Å². The first-order valence-corrected chi connectivity index (χ1v) is 35.2. The predicted molar refractivity (Wildman–Crippen MR) is 383 cm³/mol. The van der Waals surface area contributed by atoms with Gasteiger partial charge in [-0.1, -0.05) is 84.9 Å². The van der Waals surface area contributed by atoms with Gasteiger partial charge in [-0.25, -0.2) is 0 Å². The Labute approximate surface area is 557 Å². The Hall–Kier alpha value is -9.52. The van der Waals surface area contributed by atoms with Crippen molar-refractivity contribution in [3.05, 3.63) is 263 Å². The molecule has 0 spiro atoms. The minimum atomic E-state index is 0.303. The summed E-state index contributed by atoms with van der Waals surface area (Å²) in [5, 5.41) is 30.8. The van der Waals surface area contributed by atoms with Gasteiger partial charge in [-0.05, 0) is 200 Å². The number of nitrogens with zero attached hydrogens (tertiary/aromatic N) is 4. The minimum Gasteiger partial charge on any atom is -0.493 e. The third-order valence-corrected chi connectivity index (χ3v) is 21.7. The molecule has 0 saturated carbocycles. The second-order valence-corrected chi connectivity index (χ2v) is 27.0. The van der Waals surface area contributed by atoms with Gasteiger partial charge in [0.25, 0.3) is 0 Å². The smallest absolute Gasteiger partial charge is 0.128 e. The first-order valence-electron chi connectivity index (χ1n) is 30.0. The Morgan fingerprint density at radius 1 is 0.272 bits per heavy atom. The second-order valence-electron chi connectivity index (χ2n) is 21.1. The molecule has 0 aliphatic heterocycles. The van der Waals surface area contributed by atoms with Crippen LogP contribution in [0.2, 0.25) is 0 Å². The molecular formula is C76H58N4O6S6. The summed E-state index contributed by atoms with van der Waals surface area (Å²) in [5.74, 6) is 4.44. The quantitative estimate of drug-likeness (QED) is 0.0375. The lowest BCUT2D eigenvalue weighted by Crippen LogP contribution is -2.11. The normalized spacial score (nSPS) is 11.5. The van der Waals surface area contributed by atoms with Gasteiger partial charge in [-0.15, -0.1) is 68.0 Å². The third-order valence-electron chi connectivity index (χ3n) is 15.1. The number of benzene rings is 8. The van der Waals surface area contributed by atoms with Gasteiger partial charge in [0.2, 0.25) is 0 Å². The maximum Gasteiger partial charge on any atom is 0.128 e. The van der Waals surface area contributed by atoms with E-state index in [1.165, 1.54) is 50.1 Å². The molecule has 0 aliphatic carbocycles. The highest BCUT2D eigenvalue weighted by atomic mass is 32.1. The Balaban J connectivity index is 0.558. The van der Waals surface area contributed by atoms with Crippen molar-refractivity contribution in [3.8, 4) is 84.6 Å². The van der Waals surface area contributed by atoms with E-state index in [4.69, 9.17) is 28.4 Å². The maximum absolute atomic E-state index is 6.64. The van der Waals surface area contributed by atoms with E-state index >= 15 is 0 Å². The number of hydrogen-bond donors (Lipinski definition) is 0. The average molecular weight is 1320 g/mol. The van der Waals surface area contributed by atoms with Gasteiger partial charge in [-0.3, -0.25) is 0 Å². The van der Waals surface area contributed by atoms with E-state index in [0.29, 0.717) is 62.5 Å².